The van der Waals surface area contributed by atoms with E-state index in [0.717, 1.165) is 17.5 Å². The fourth-order valence-electron chi connectivity index (χ4n) is 4.32. The highest BCUT2D eigenvalue weighted by Crippen LogP contribution is 2.50. The van der Waals surface area contributed by atoms with Crippen LogP contribution >= 0.6 is 0 Å². The summed E-state index contributed by atoms with van der Waals surface area (Å²) in [4.78, 5) is 7.91. The molecule has 0 bridgehead atoms. The van der Waals surface area contributed by atoms with E-state index in [1.165, 1.54) is 65.0 Å². The molecule has 1 saturated carbocycles. The van der Waals surface area contributed by atoms with Gasteiger partial charge in [-0.15, -0.1) is 0 Å². The molecule has 1 aliphatic carbocycles. The molecule has 0 aromatic carbocycles. The van der Waals surface area contributed by atoms with Crippen LogP contribution in [0.25, 0.3) is 0 Å². The molecule has 3 heteroatoms. The number of nitrogens with zero attached hydrogens (tertiary/aromatic N) is 3. The topological polar surface area (TPSA) is 9.72 Å². The summed E-state index contributed by atoms with van der Waals surface area (Å²) in [6, 6.07) is 1.64. The van der Waals surface area contributed by atoms with Crippen molar-refractivity contribution in [2.75, 3.05) is 46.3 Å². The second kappa shape index (κ2) is 5.34. The molecule has 2 aliphatic heterocycles. The third-order valence-corrected chi connectivity index (χ3v) is 5.98. The lowest BCUT2D eigenvalue weighted by molar-refractivity contribution is -0.0545. The molecular formula is C16H31N3. The van der Waals surface area contributed by atoms with Gasteiger partial charge in [0.05, 0.1) is 0 Å². The average molecular weight is 265 g/mol. The van der Waals surface area contributed by atoms with E-state index < -0.39 is 0 Å². The van der Waals surface area contributed by atoms with Crippen molar-refractivity contribution >= 4 is 0 Å². The first-order chi connectivity index (χ1) is 9.08. The lowest BCUT2D eigenvalue weighted by Gasteiger charge is -2.56. The molecule has 0 aromatic heterocycles. The first-order valence-electron chi connectivity index (χ1n) is 8.25. The predicted octanol–water partition coefficient (Wildman–Crippen LogP) is 1.89. The summed E-state index contributed by atoms with van der Waals surface area (Å²) in [6.45, 7) is 12.5. The zero-order chi connectivity index (χ0) is 13.5. The van der Waals surface area contributed by atoms with Crippen LogP contribution in [-0.2, 0) is 0 Å². The molecule has 0 radical (unpaired) electrons. The van der Waals surface area contributed by atoms with Crippen LogP contribution in [0, 0.1) is 5.41 Å². The Balaban J connectivity index is 1.44. The van der Waals surface area contributed by atoms with E-state index in [1.807, 2.05) is 0 Å². The van der Waals surface area contributed by atoms with E-state index >= 15 is 0 Å². The lowest BCUT2D eigenvalue weighted by atomic mass is 9.60. The summed E-state index contributed by atoms with van der Waals surface area (Å²) in [6.07, 6.45) is 5.88. The summed E-state index contributed by atoms with van der Waals surface area (Å²) < 4.78 is 0. The molecule has 3 rings (SSSR count). The maximum Gasteiger partial charge on any atom is 0.0113 e. The Morgan fingerprint density at radius 1 is 0.895 bits per heavy atom. The standard InChI is InChI=1S/C16H31N3/c1-14(2)18-8-10-19(11-9-18)15-12-16(13-15)4-6-17(3)7-5-16/h14-15H,4-13H2,1-3H3. The Morgan fingerprint density at radius 2 is 1.47 bits per heavy atom. The normalized spacial score (nSPS) is 30.9. The van der Waals surface area contributed by atoms with Gasteiger partial charge in [0.1, 0.15) is 0 Å². The van der Waals surface area contributed by atoms with Gasteiger partial charge in [-0.25, -0.2) is 0 Å². The van der Waals surface area contributed by atoms with Crippen LogP contribution in [-0.4, -0.2) is 73.1 Å². The second-order valence-electron chi connectivity index (χ2n) is 7.53. The first-order valence-corrected chi connectivity index (χ1v) is 8.25. The van der Waals surface area contributed by atoms with Gasteiger partial charge >= 0.3 is 0 Å². The smallest absolute Gasteiger partial charge is 0.0113 e. The van der Waals surface area contributed by atoms with Crippen LogP contribution < -0.4 is 0 Å². The van der Waals surface area contributed by atoms with Gasteiger partial charge in [0.2, 0.25) is 0 Å². The Kier molecular flexibility index (Phi) is 3.89. The van der Waals surface area contributed by atoms with Gasteiger partial charge in [-0.05, 0) is 65.1 Å². The number of piperazine rings is 1. The van der Waals surface area contributed by atoms with Crippen LogP contribution in [0.1, 0.15) is 39.5 Å². The van der Waals surface area contributed by atoms with E-state index in [-0.39, 0.29) is 0 Å². The highest BCUT2D eigenvalue weighted by Gasteiger charge is 2.47. The molecule has 3 fully saturated rings. The number of hydrogen-bond donors (Lipinski definition) is 0. The van der Waals surface area contributed by atoms with Gasteiger partial charge in [0, 0.05) is 38.3 Å². The van der Waals surface area contributed by atoms with Crippen molar-refractivity contribution in [3.63, 3.8) is 0 Å². The number of hydrogen-bond acceptors (Lipinski definition) is 3. The second-order valence-corrected chi connectivity index (χ2v) is 7.53. The van der Waals surface area contributed by atoms with Gasteiger partial charge in [0.25, 0.3) is 0 Å². The van der Waals surface area contributed by atoms with Gasteiger partial charge in [-0.1, -0.05) is 0 Å². The molecule has 0 atom stereocenters. The molecule has 3 nitrogen and oxygen atoms in total. The van der Waals surface area contributed by atoms with Crippen LogP contribution in [0.3, 0.4) is 0 Å². The Bertz CT molecular complexity index is 291. The van der Waals surface area contributed by atoms with Crippen molar-refractivity contribution < 1.29 is 0 Å². The van der Waals surface area contributed by atoms with E-state index in [4.69, 9.17) is 0 Å². The number of piperidine rings is 1. The summed E-state index contributed by atoms with van der Waals surface area (Å²) in [5.74, 6) is 0. The summed E-state index contributed by atoms with van der Waals surface area (Å²) in [5.41, 5.74) is 0.742. The molecule has 3 aliphatic rings. The summed E-state index contributed by atoms with van der Waals surface area (Å²) in [7, 11) is 2.27. The molecule has 0 aromatic rings. The molecule has 2 saturated heterocycles. The highest BCUT2D eigenvalue weighted by molar-refractivity contribution is 5.01. The minimum absolute atomic E-state index is 0.726. The van der Waals surface area contributed by atoms with Crippen molar-refractivity contribution in [3.8, 4) is 0 Å². The van der Waals surface area contributed by atoms with E-state index in [0.29, 0.717) is 0 Å². The maximum atomic E-state index is 2.78. The van der Waals surface area contributed by atoms with Crippen molar-refractivity contribution in [1.29, 1.82) is 0 Å². The molecule has 2 heterocycles. The molecule has 0 unspecified atom stereocenters. The zero-order valence-electron chi connectivity index (χ0n) is 13.1. The number of rotatable bonds is 2. The molecular weight excluding hydrogens is 234 g/mol. The van der Waals surface area contributed by atoms with E-state index in [1.54, 1.807) is 0 Å². The Morgan fingerprint density at radius 3 is 2.00 bits per heavy atom. The third-order valence-electron chi connectivity index (χ3n) is 5.98. The molecule has 110 valence electrons. The van der Waals surface area contributed by atoms with Crippen LogP contribution in [0.2, 0.25) is 0 Å². The fraction of sp³-hybridized carbons (Fsp3) is 1.00. The molecule has 0 amide bonds. The molecule has 1 spiro atoms. The van der Waals surface area contributed by atoms with Gasteiger partial charge in [0.15, 0.2) is 0 Å². The van der Waals surface area contributed by atoms with Crippen molar-refractivity contribution in [2.45, 2.75) is 51.6 Å². The summed E-state index contributed by atoms with van der Waals surface area (Å²) >= 11 is 0. The lowest BCUT2D eigenvalue weighted by Crippen LogP contribution is -2.59. The quantitative estimate of drug-likeness (QED) is 0.755. The fourth-order valence-corrected chi connectivity index (χ4v) is 4.32. The van der Waals surface area contributed by atoms with Crippen LogP contribution in [0.5, 0.6) is 0 Å². The van der Waals surface area contributed by atoms with Gasteiger partial charge in [-0.3, -0.25) is 9.80 Å². The minimum atomic E-state index is 0.726. The SMILES string of the molecule is CC(C)N1CCN(C2CC3(CCN(C)CC3)C2)CC1. The first kappa shape index (κ1) is 13.8. The zero-order valence-corrected chi connectivity index (χ0v) is 13.1. The van der Waals surface area contributed by atoms with Gasteiger partial charge < -0.3 is 4.90 Å². The van der Waals surface area contributed by atoms with Crippen LogP contribution in [0.15, 0.2) is 0 Å². The molecule has 0 N–H and O–H groups in total. The van der Waals surface area contributed by atoms with Crippen LogP contribution in [0.4, 0.5) is 0 Å². The largest absolute Gasteiger partial charge is 0.306 e. The summed E-state index contributed by atoms with van der Waals surface area (Å²) in [5, 5.41) is 0. The third kappa shape index (κ3) is 2.84. The Labute approximate surface area is 118 Å². The van der Waals surface area contributed by atoms with Crippen molar-refractivity contribution in [3.05, 3.63) is 0 Å². The Hall–Kier alpha value is -0.120. The van der Waals surface area contributed by atoms with Crippen molar-refractivity contribution in [1.82, 2.24) is 14.7 Å². The van der Waals surface area contributed by atoms with E-state index in [2.05, 4.69) is 35.6 Å². The number of likely N-dealkylation sites (tertiary alicyclic amines) is 1. The average Bonchev–Trinajstić information content (AvgIpc) is 2.37. The van der Waals surface area contributed by atoms with Gasteiger partial charge in [-0.2, -0.15) is 0 Å². The molecule has 19 heavy (non-hydrogen) atoms. The van der Waals surface area contributed by atoms with E-state index in [9.17, 15) is 0 Å². The maximum absolute atomic E-state index is 2.78. The predicted molar refractivity (Wildman–Crippen MR) is 80.5 cm³/mol. The highest BCUT2D eigenvalue weighted by atomic mass is 15.3. The monoisotopic (exact) mass is 265 g/mol. The van der Waals surface area contributed by atoms with Crippen molar-refractivity contribution in [2.24, 2.45) is 5.41 Å². The minimum Gasteiger partial charge on any atom is -0.306 e.